The maximum atomic E-state index is 14.2. The molecule has 1 saturated carbocycles. The van der Waals surface area contributed by atoms with Gasteiger partial charge in [-0.2, -0.15) is 0 Å². The van der Waals surface area contributed by atoms with Crippen LogP contribution in [0.5, 0.6) is 11.5 Å². The summed E-state index contributed by atoms with van der Waals surface area (Å²) in [6.07, 6.45) is 6.72. The second-order valence-electron chi connectivity index (χ2n) is 7.32. The second kappa shape index (κ2) is 8.92. The number of methoxy groups -OCH3 is 1. The van der Waals surface area contributed by atoms with E-state index in [9.17, 15) is 14.3 Å². The number of thioether (sulfide) groups is 1. The second-order valence-corrected chi connectivity index (χ2v) is 8.33. The fourth-order valence-electron chi connectivity index (χ4n) is 3.83. The van der Waals surface area contributed by atoms with Gasteiger partial charge in [0.05, 0.1) is 12.0 Å². The molecule has 0 spiro atoms. The van der Waals surface area contributed by atoms with Crippen LogP contribution in [0.1, 0.15) is 37.7 Å². The van der Waals surface area contributed by atoms with Crippen LogP contribution in [0.15, 0.2) is 52.4 Å². The molecule has 1 aliphatic carbocycles. The minimum Gasteiger partial charge on any atom is -0.504 e. The number of hydrogen-bond donors (Lipinski definition) is 1. The number of amides is 1. The molecule has 1 amide bonds. The molecule has 0 atom stereocenters. The molecule has 30 heavy (non-hydrogen) atoms. The van der Waals surface area contributed by atoms with Crippen LogP contribution >= 0.6 is 11.8 Å². The van der Waals surface area contributed by atoms with Gasteiger partial charge in [0.25, 0.3) is 5.91 Å². The molecule has 1 heterocycles. The van der Waals surface area contributed by atoms with Gasteiger partial charge in [-0.05, 0) is 48.9 Å². The van der Waals surface area contributed by atoms with Gasteiger partial charge < -0.3 is 9.84 Å². The summed E-state index contributed by atoms with van der Waals surface area (Å²) in [5.74, 6) is -0.275. The maximum absolute atomic E-state index is 14.2. The summed E-state index contributed by atoms with van der Waals surface area (Å²) >= 11 is 1.21. The first-order valence-electron chi connectivity index (χ1n) is 10.0. The summed E-state index contributed by atoms with van der Waals surface area (Å²) in [5.41, 5.74) is 0.694. The van der Waals surface area contributed by atoms with Crippen molar-refractivity contribution < 1.29 is 19.0 Å². The van der Waals surface area contributed by atoms with Crippen LogP contribution in [-0.2, 0) is 4.79 Å². The number of carbonyl (C=O) groups is 1. The lowest BCUT2D eigenvalue weighted by Gasteiger charge is -2.30. The number of benzene rings is 2. The van der Waals surface area contributed by atoms with E-state index >= 15 is 0 Å². The van der Waals surface area contributed by atoms with E-state index in [-0.39, 0.29) is 23.4 Å². The van der Waals surface area contributed by atoms with E-state index in [1.807, 2.05) is 0 Å². The molecule has 1 aliphatic heterocycles. The van der Waals surface area contributed by atoms with Gasteiger partial charge in [0, 0.05) is 11.6 Å². The highest BCUT2D eigenvalue weighted by Crippen LogP contribution is 2.40. The molecule has 5 nitrogen and oxygen atoms in total. The summed E-state index contributed by atoms with van der Waals surface area (Å²) in [7, 11) is 1.48. The fourth-order valence-corrected chi connectivity index (χ4v) is 4.88. The van der Waals surface area contributed by atoms with Crippen molar-refractivity contribution in [3.05, 3.63) is 58.8 Å². The SMILES string of the molecule is COc1cccc(/C=C2\SC(=Nc3ccccc3F)N(C3CCCCC3)C2=O)c1O. The molecule has 1 N–H and O–H groups in total. The van der Waals surface area contributed by atoms with Gasteiger partial charge in [-0.25, -0.2) is 9.38 Å². The van der Waals surface area contributed by atoms with Crippen molar-refractivity contribution in [3.63, 3.8) is 0 Å². The molecular weight excluding hydrogens is 403 g/mol. The minimum absolute atomic E-state index is 0.0235. The van der Waals surface area contributed by atoms with Crippen molar-refractivity contribution in [1.29, 1.82) is 0 Å². The third kappa shape index (κ3) is 4.07. The Morgan fingerprint density at radius 3 is 2.67 bits per heavy atom. The Kier molecular flexibility index (Phi) is 6.08. The number of ether oxygens (including phenoxy) is 1. The lowest BCUT2D eigenvalue weighted by Crippen LogP contribution is -2.40. The average molecular weight is 427 g/mol. The molecular formula is C23H23FN2O3S. The number of rotatable bonds is 4. The standard InChI is InChI=1S/C23H23FN2O3S/c1-29-19-13-7-8-15(21(19)27)14-20-22(28)26(16-9-3-2-4-10-16)23(30-20)25-18-12-6-5-11-17(18)24/h5-8,11-14,16,27H,2-4,9-10H2,1H3/b20-14-,25-23?. The first-order chi connectivity index (χ1) is 14.6. The van der Waals surface area contributed by atoms with E-state index in [1.165, 1.54) is 24.9 Å². The summed E-state index contributed by atoms with van der Waals surface area (Å²) in [4.78, 5) is 20.0. The largest absolute Gasteiger partial charge is 0.504 e. The van der Waals surface area contributed by atoms with Crippen LogP contribution in [0.3, 0.4) is 0 Å². The summed E-state index contributed by atoms with van der Waals surface area (Å²) in [6, 6.07) is 11.5. The quantitative estimate of drug-likeness (QED) is 0.658. The highest BCUT2D eigenvalue weighted by Gasteiger charge is 2.39. The highest BCUT2D eigenvalue weighted by atomic mass is 32.2. The number of phenolic OH excluding ortho intramolecular Hbond substituents is 1. The molecule has 2 aromatic carbocycles. The number of carbonyl (C=O) groups excluding carboxylic acids is 1. The van der Waals surface area contributed by atoms with Crippen molar-refractivity contribution in [2.75, 3.05) is 7.11 Å². The first-order valence-corrected chi connectivity index (χ1v) is 10.8. The number of amidine groups is 1. The van der Waals surface area contributed by atoms with Crippen molar-refractivity contribution in [2.24, 2.45) is 4.99 Å². The first kappa shape index (κ1) is 20.5. The van der Waals surface area contributed by atoms with Gasteiger partial charge in [0.2, 0.25) is 0 Å². The van der Waals surface area contributed by atoms with Crippen LogP contribution < -0.4 is 4.74 Å². The van der Waals surface area contributed by atoms with Gasteiger partial charge in [-0.15, -0.1) is 0 Å². The fraction of sp³-hybridized carbons (Fsp3) is 0.304. The van der Waals surface area contributed by atoms with Gasteiger partial charge in [-0.3, -0.25) is 9.69 Å². The van der Waals surface area contributed by atoms with Crippen LogP contribution in [-0.4, -0.2) is 34.2 Å². The number of aromatic hydroxyl groups is 1. The van der Waals surface area contributed by atoms with E-state index in [2.05, 4.69) is 4.99 Å². The zero-order valence-corrected chi connectivity index (χ0v) is 17.5. The Morgan fingerprint density at radius 2 is 1.93 bits per heavy atom. The van der Waals surface area contributed by atoms with Gasteiger partial charge in [-0.1, -0.05) is 43.5 Å². The number of hydrogen-bond acceptors (Lipinski definition) is 5. The van der Waals surface area contributed by atoms with Crippen LogP contribution in [0.25, 0.3) is 6.08 Å². The predicted octanol–water partition coefficient (Wildman–Crippen LogP) is 5.48. The predicted molar refractivity (Wildman–Crippen MR) is 117 cm³/mol. The van der Waals surface area contributed by atoms with Crippen molar-refractivity contribution in [1.82, 2.24) is 4.90 Å². The minimum atomic E-state index is -0.426. The zero-order valence-electron chi connectivity index (χ0n) is 16.7. The number of nitrogens with zero attached hydrogens (tertiary/aromatic N) is 2. The molecule has 2 aromatic rings. The Hall–Kier alpha value is -2.80. The normalized spacial score (nSPS) is 20.3. The van der Waals surface area contributed by atoms with Crippen molar-refractivity contribution >= 4 is 34.6 Å². The highest BCUT2D eigenvalue weighted by molar-refractivity contribution is 8.18. The number of para-hydroxylation sites is 2. The van der Waals surface area contributed by atoms with E-state index < -0.39 is 5.82 Å². The molecule has 0 unspecified atom stereocenters. The Labute approximate surface area is 179 Å². The molecule has 0 bridgehead atoms. The topological polar surface area (TPSA) is 62.1 Å². The zero-order chi connectivity index (χ0) is 21.1. The van der Waals surface area contributed by atoms with Crippen LogP contribution in [0, 0.1) is 5.82 Å². The number of phenols is 1. The summed E-state index contributed by atoms with van der Waals surface area (Å²) in [6.45, 7) is 0. The van der Waals surface area contributed by atoms with Crippen molar-refractivity contribution in [3.8, 4) is 11.5 Å². The van der Waals surface area contributed by atoms with Crippen LogP contribution in [0.4, 0.5) is 10.1 Å². The molecule has 156 valence electrons. The lowest BCUT2D eigenvalue weighted by molar-refractivity contribution is -0.124. The molecule has 4 rings (SSSR count). The smallest absolute Gasteiger partial charge is 0.267 e. The molecule has 2 aliphatic rings. The van der Waals surface area contributed by atoms with Gasteiger partial charge >= 0.3 is 0 Å². The van der Waals surface area contributed by atoms with Crippen molar-refractivity contribution in [2.45, 2.75) is 38.1 Å². The third-order valence-electron chi connectivity index (χ3n) is 5.38. The Balaban J connectivity index is 1.74. The Bertz CT molecular complexity index is 1020. The van der Waals surface area contributed by atoms with E-state index in [0.29, 0.717) is 21.4 Å². The van der Waals surface area contributed by atoms with Gasteiger partial charge in [0.1, 0.15) is 11.5 Å². The van der Waals surface area contributed by atoms with Crippen LogP contribution in [0.2, 0.25) is 0 Å². The number of halogens is 1. The number of aliphatic imine (C=N–C) groups is 1. The van der Waals surface area contributed by atoms with E-state index in [1.54, 1.807) is 47.4 Å². The Morgan fingerprint density at radius 1 is 1.17 bits per heavy atom. The molecule has 0 radical (unpaired) electrons. The molecule has 1 saturated heterocycles. The van der Waals surface area contributed by atoms with E-state index in [0.717, 1.165) is 32.1 Å². The van der Waals surface area contributed by atoms with Gasteiger partial charge in [0.15, 0.2) is 16.7 Å². The lowest BCUT2D eigenvalue weighted by atomic mass is 9.94. The van der Waals surface area contributed by atoms with E-state index in [4.69, 9.17) is 4.74 Å². The summed E-state index contributed by atoms with van der Waals surface area (Å²) < 4.78 is 19.4. The summed E-state index contributed by atoms with van der Waals surface area (Å²) in [5, 5.41) is 10.9. The molecule has 0 aromatic heterocycles. The average Bonchev–Trinajstić information content (AvgIpc) is 3.06. The monoisotopic (exact) mass is 426 g/mol. The molecule has 2 fully saturated rings. The maximum Gasteiger partial charge on any atom is 0.267 e. The third-order valence-corrected chi connectivity index (χ3v) is 6.36. The molecule has 7 heteroatoms.